The number of carbonyl (C=O) groups excluding carboxylic acids is 1. The van der Waals surface area contributed by atoms with Gasteiger partial charge in [-0.15, -0.1) is 6.42 Å². The molecular formula is C13H22ClNO5. The molecule has 0 bridgehead atoms. The maximum absolute atomic E-state index is 10.7. The molecule has 0 unspecified atom stereocenters. The quantitative estimate of drug-likeness (QED) is 0.220. The van der Waals surface area contributed by atoms with Crippen molar-refractivity contribution in [2.45, 2.75) is 0 Å². The van der Waals surface area contributed by atoms with Gasteiger partial charge < -0.3 is 23.8 Å². The number of rotatable bonds is 13. The summed E-state index contributed by atoms with van der Waals surface area (Å²) in [6.45, 7) is 4.14. The van der Waals surface area contributed by atoms with Gasteiger partial charge in [-0.3, -0.25) is 4.79 Å². The van der Waals surface area contributed by atoms with Crippen LogP contribution in [0, 0.1) is 12.3 Å². The second-order valence-electron chi connectivity index (χ2n) is 3.77. The molecule has 0 aliphatic rings. The Bertz CT molecular complexity index is 282. The SMILES string of the molecule is C#CCOCCOCCOCCOCCN(C)C(=O)Cl. The van der Waals surface area contributed by atoms with E-state index in [1.54, 1.807) is 7.05 Å². The normalized spacial score (nSPS) is 10.2. The van der Waals surface area contributed by atoms with Crippen molar-refractivity contribution in [2.24, 2.45) is 0 Å². The average molecular weight is 308 g/mol. The number of hydrogen-bond acceptors (Lipinski definition) is 5. The Morgan fingerprint density at radius 2 is 1.45 bits per heavy atom. The Morgan fingerprint density at radius 3 is 1.90 bits per heavy atom. The zero-order chi connectivity index (χ0) is 15.1. The first kappa shape index (κ1) is 19.2. The van der Waals surface area contributed by atoms with Crippen LogP contribution in [-0.2, 0) is 18.9 Å². The highest BCUT2D eigenvalue weighted by molar-refractivity contribution is 6.62. The van der Waals surface area contributed by atoms with E-state index in [0.29, 0.717) is 59.4 Å². The fourth-order valence-electron chi connectivity index (χ4n) is 1.08. The Hall–Kier alpha value is -0.840. The summed E-state index contributed by atoms with van der Waals surface area (Å²) < 4.78 is 20.8. The minimum Gasteiger partial charge on any atom is -0.377 e. The topological polar surface area (TPSA) is 57.2 Å². The van der Waals surface area contributed by atoms with Crippen molar-refractivity contribution in [1.29, 1.82) is 0 Å². The maximum Gasteiger partial charge on any atom is 0.316 e. The van der Waals surface area contributed by atoms with Gasteiger partial charge in [-0.1, -0.05) is 5.92 Å². The minimum atomic E-state index is -0.492. The number of carbonyl (C=O) groups is 1. The van der Waals surface area contributed by atoms with E-state index in [4.69, 9.17) is 37.0 Å². The van der Waals surface area contributed by atoms with E-state index in [1.165, 1.54) is 4.90 Å². The first-order valence-corrected chi connectivity index (χ1v) is 6.71. The number of amides is 1. The first-order valence-electron chi connectivity index (χ1n) is 6.33. The summed E-state index contributed by atoms with van der Waals surface area (Å²) in [5.41, 5.74) is 0. The Morgan fingerprint density at radius 1 is 1.00 bits per heavy atom. The van der Waals surface area contributed by atoms with Crippen molar-refractivity contribution in [1.82, 2.24) is 4.90 Å². The van der Waals surface area contributed by atoms with Crippen molar-refractivity contribution in [3.05, 3.63) is 0 Å². The Kier molecular flexibility index (Phi) is 14.0. The molecule has 0 fully saturated rings. The van der Waals surface area contributed by atoms with E-state index in [2.05, 4.69) is 5.92 Å². The van der Waals surface area contributed by atoms with E-state index in [1.807, 2.05) is 0 Å². The molecule has 116 valence electrons. The number of nitrogens with zero attached hydrogens (tertiary/aromatic N) is 1. The molecule has 0 aromatic carbocycles. The summed E-state index contributed by atoms with van der Waals surface area (Å²) in [5.74, 6) is 2.37. The molecule has 0 rings (SSSR count). The van der Waals surface area contributed by atoms with E-state index >= 15 is 0 Å². The zero-order valence-corrected chi connectivity index (χ0v) is 12.6. The minimum absolute atomic E-state index is 0.307. The van der Waals surface area contributed by atoms with Gasteiger partial charge in [0, 0.05) is 13.6 Å². The molecule has 0 saturated carbocycles. The fourth-order valence-corrected chi connectivity index (χ4v) is 1.16. The van der Waals surface area contributed by atoms with Crippen LogP contribution in [0.25, 0.3) is 0 Å². The molecule has 0 atom stereocenters. The summed E-state index contributed by atoms with van der Waals surface area (Å²) in [7, 11) is 1.61. The summed E-state index contributed by atoms with van der Waals surface area (Å²) >= 11 is 5.25. The molecular weight excluding hydrogens is 286 g/mol. The lowest BCUT2D eigenvalue weighted by Crippen LogP contribution is -2.25. The maximum atomic E-state index is 10.7. The number of ether oxygens (including phenoxy) is 4. The first-order chi connectivity index (χ1) is 9.68. The van der Waals surface area contributed by atoms with Crippen LogP contribution < -0.4 is 0 Å². The van der Waals surface area contributed by atoms with Gasteiger partial charge in [-0.25, -0.2) is 0 Å². The van der Waals surface area contributed by atoms with Gasteiger partial charge >= 0.3 is 5.37 Å². The second kappa shape index (κ2) is 14.6. The third kappa shape index (κ3) is 13.6. The number of halogens is 1. The molecule has 0 N–H and O–H groups in total. The highest BCUT2D eigenvalue weighted by atomic mass is 35.5. The molecule has 7 heteroatoms. The molecule has 0 aliphatic carbocycles. The lowest BCUT2D eigenvalue weighted by Gasteiger charge is -2.13. The predicted octanol–water partition coefficient (Wildman–Crippen LogP) is 0.977. The van der Waals surface area contributed by atoms with Crippen LogP contribution in [0.1, 0.15) is 0 Å². The highest BCUT2D eigenvalue weighted by Gasteiger charge is 2.02. The molecule has 6 nitrogen and oxygen atoms in total. The van der Waals surface area contributed by atoms with E-state index < -0.39 is 5.37 Å². The Labute approximate surface area is 125 Å². The van der Waals surface area contributed by atoms with Crippen molar-refractivity contribution < 1.29 is 23.7 Å². The second-order valence-corrected chi connectivity index (χ2v) is 4.09. The van der Waals surface area contributed by atoms with Gasteiger partial charge in [0.2, 0.25) is 0 Å². The van der Waals surface area contributed by atoms with E-state index in [0.717, 1.165) is 0 Å². The van der Waals surface area contributed by atoms with Gasteiger partial charge in [0.1, 0.15) is 6.61 Å². The van der Waals surface area contributed by atoms with Crippen molar-refractivity contribution >= 4 is 17.0 Å². The third-order valence-electron chi connectivity index (χ3n) is 2.17. The van der Waals surface area contributed by atoms with E-state index in [-0.39, 0.29) is 0 Å². The molecule has 0 heterocycles. The van der Waals surface area contributed by atoms with Crippen molar-refractivity contribution in [2.75, 3.05) is 66.4 Å². The lowest BCUT2D eigenvalue weighted by atomic mass is 10.6. The number of terminal acetylenes is 1. The van der Waals surface area contributed by atoms with Crippen LogP contribution >= 0.6 is 11.6 Å². The molecule has 0 aliphatic heterocycles. The molecule has 20 heavy (non-hydrogen) atoms. The molecule has 0 aromatic rings. The molecule has 0 radical (unpaired) electrons. The van der Waals surface area contributed by atoms with Crippen LogP contribution in [0.5, 0.6) is 0 Å². The highest BCUT2D eigenvalue weighted by Crippen LogP contribution is 1.91. The lowest BCUT2D eigenvalue weighted by molar-refractivity contribution is 0.000411. The summed E-state index contributed by atoms with van der Waals surface area (Å²) in [6, 6.07) is 0. The third-order valence-corrected chi connectivity index (χ3v) is 2.46. The van der Waals surface area contributed by atoms with Gasteiger partial charge in [-0.05, 0) is 11.6 Å². The van der Waals surface area contributed by atoms with E-state index in [9.17, 15) is 4.79 Å². The Balaban J connectivity index is 3.07. The summed E-state index contributed by atoms with van der Waals surface area (Å²) in [5, 5.41) is -0.492. The van der Waals surface area contributed by atoms with Crippen LogP contribution in [0.3, 0.4) is 0 Å². The van der Waals surface area contributed by atoms with Gasteiger partial charge in [0.05, 0.1) is 46.2 Å². The van der Waals surface area contributed by atoms with Gasteiger partial charge in [0.15, 0.2) is 0 Å². The molecule has 1 amide bonds. The van der Waals surface area contributed by atoms with Crippen molar-refractivity contribution in [3.8, 4) is 12.3 Å². The van der Waals surface area contributed by atoms with Crippen molar-refractivity contribution in [3.63, 3.8) is 0 Å². The monoisotopic (exact) mass is 307 g/mol. The largest absolute Gasteiger partial charge is 0.377 e. The number of likely N-dealkylation sites (N-methyl/N-ethyl adjacent to an activating group) is 1. The van der Waals surface area contributed by atoms with Gasteiger partial charge in [0.25, 0.3) is 0 Å². The van der Waals surface area contributed by atoms with Crippen LogP contribution in [-0.4, -0.2) is 76.7 Å². The number of hydrogen-bond donors (Lipinski definition) is 0. The fraction of sp³-hybridized carbons (Fsp3) is 0.769. The standard InChI is InChI=1S/C13H22ClNO5/c1-3-5-17-7-9-19-11-12-20-10-8-18-6-4-15(2)13(14)16/h1H,4-12H2,2H3. The average Bonchev–Trinajstić information content (AvgIpc) is 2.43. The predicted molar refractivity (Wildman–Crippen MR) is 76.0 cm³/mol. The van der Waals surface area contributed by atoms with Crippen LogP contribution in [0.4, 0.5) is 4.79 Å². The zero-order valence-electron chi connectivity index (χ0n) is 11.8. The smallest absolute Gasteiger partial charge is 0.316 e. The summed E-state index contributed by atoms with van der Waals surface area (Å²) in [6.07, 6.45) is 5.02. The van der Waals surface area contributed by atoms with Crippen LogP contribution in [0.15, 0.2) is 0 Å². The molecule has 0 spiro atoms. The van der Waals surface area contributed by atoms with Crippen LogP contribution in [0.2, 0.25) is 0 Å². The molecule has 0 saturated heterocycles. The van der Waals surface area contributed by atoms with Gasteiger partial charge in [-0.2, -0.15) is 0 Å². The molecule has 0 aromatic heterocycles. The summed E-state index contributed by atoms with van der Waals surface area (Å²) in [4.78, 5) is 12.0.